The molecule has 1 N–H and O–H groups in total. The molecule has 0 aliphatic rings. The molecule has 0 saturated heterocycles. The van der Waals surface area contributed by atoms with Crippen LogP contribution in [0.1, 0.15) is 24.2 Å². The maximum absolute atomic E-state index is 12.2. The molecule has 0 fully saturated rings. The van der Waals surface area contributed by atoms with Gasteiger partial charge >= 0.3 is 0 Å². The van der Waals surface area contributed by atoms with Crippen molar-refractivity contribution >= 4 is 5.91 Å². The second-order valence-corrected chi connectivity index (χ2v) is 5.29. The van der Waals surface area contributed by atoms with E-state index in [1.54, 1.807) is 27.0 Å². The molecule has 0 aliphatic heterocycles. The number of hydrogen-bond donors (Lipinski definition) is 1. The summed E-state index contributed by atoms with van der Waals surface area (Å²) in [5, 5.41) is 6.94. The number of benzene rings is 1. The molecule has 1 heterocycles. The number of rotatable bonds is 6. The topological polar surface area (TPSA) is 73.2 Å². The summed E-state index contributed by atoms with van der Waals surface area (Å²) in [6, 6.07) is 10.1. The minimum absolute atomic E-state index is 0.236. The van der Waals surface area contributed by atoms with Gasteiger partial charge in [0.25, 0.3) is 5.56 Å². The van der Waals surface area contributed by atoms with Gasteiger partial charge in [0.05, 0.1) is 12.8 Å². The van der Waals surface area contributed by atoms with E-state index in [1.165, 1.54) is 10.7 Å². The maximum atomic E-state index is 12.2. The smallest absolute Gasteiger partial charge is 0.267 e. The summed E-state index contributed by atoms with van der Waals surface area (Å²) in [6.45, 7) is 3.90. The first-order chi connectivity index (χ1) is 11.0. The van der Waals surface area contributed by atoms with Crippen LogP contribution in [0.25, 0.3) is 0 Å². The van der Waals surface area contributed by atoms with Crippen LogP contribution in [0.4, 0.5) is 0 Å². The number of carbonyl (C=O) groups excluding carboxylic acids is 1. The summed E-state index contributed by atoms with van der Waals surface area (Å²) >= 11 is 0. The molecule has 2 rings (SSSR count). The largest absolute Gasteiger partial charge is 0.496 e. The molecule has 0 aliphatic carbocycles. The van der Waals surface area contributed by atoms with E-state index in [4.69, 9.17) is 4.74 Å². The van der Waals surface area contributed by atoms with Crippen LogP contribution in [0, 0.1) is 6.92 Å². The summed E-state index contributed by atoms with van der Waals surface area (Å²) in [4.78, 5) is 24.0. The standard InChI is InChI=1S/C17H21N3O3/c1-12-8-9-16(21)20(19-12)13(2)17(22)18-11-10-14-6-4-5-7-15(14)23-3/h4-9,13H,10-11H2,1-3H3,(H,18,22). The van der Waals surface area contributed by atoms with Crippen LogP contribution >= 0.6 is 0 Å². The van der Waals surface area contributed by atoms with Crippen molar-refractivity contribution in [2.45, 2.75) is 26.3 Å². The number of aryl methyl sites for hydroxylation is 1. The van der Waals surface area contributed by atoms with Crippen LogP contribution in [-0.4, -0.2) is 29.3 Å². The molecule has 2 aromatic rings. The van der Waals surface area contributed by atoms with Gasteiger partial charge in [-0.1, -0.05) is 18.2 Å². The average molecular weight is 315 g/mol. The summed E-state index contributed by atoms with van der Waals surface area (Å²) in [5.74, 6) is 0.562. The van der Waals surface area contributed by atoms with Gasteiger partial charge in [-0.15, -0.1) is 0 Å². The molecule has 122 valence electrons. The van der Waals surface area contributed by atoms with E-state index in [2.05, 4.69) is 10.4 Å². The molecule has 1 atom stereocenters. The lowest BCUT2D eigenvalue weighted by molar-refractivity contribution is -0.124. The number of ether oxygens (including phenoxy) is 1. The zero-order valence-corrected chi connectivity index (χ0v) is 13.6. The summed E-state index contributed by atoms with van der Waals surface area (Å²) < 4.78 is 6.48. The normalized spacial score (nSPS) is 11.8. The zero-order chi connectivity index (χ0) is 16.8. The predicted octanol–water partition coefficient (Wildman–Crippen LogP) is 1.48. The molecule has 1 unspecified atom stereocenters. The van der Waals surface area contributed by atoms with Crippen molar-refractivity contribution in [3.05, 3.63) is 58.0 Å². The van der Waals surface area contributed by atoms with Gasteiger partial charge in [0.2, 0.25) is 5.91 Å². The van der Waals surface area contributed by atoms with Crippen molar-refractivity contribution in [2.24, 2.45) is 0 Å². The van der Waals surface area contributed by atoms with Crippen LogP contribution < -0.4 is 15.6 Å². The quantitative estimate of drug-likeness (QED) is 0.876. The number of carbonyl (C=O) groups is 1. The van der Waals surface area contributed by atoms with E-state index in [-0.39, 0.29) is 11.5 Å². The first-order valence-corrected chi connectivity index (χ1v) is 7.49. The molecule has 0 bridgehead atoms. The first-order valence-electron chi connectivity index (χ1n) is 7.49. The molecule has 1 amide bonds. The zero-order valence-electron chi connectivity index (χ0n) is 13.6. The van der Waals surface area contributed by atoms with Crippen LogP contribution in [0.15, 0.2) is 41.2 Å². The molecule has 0 radical (unpaired) electrons. The van der Waals surface area contributed by atoms with E-state index in [1.807, 2.05) is 24.3 Å². The number of nitrogens with zero attached hydrogens (tertiary/aromatic N) is 2. The fourth-order valence-corrected chi connectivity index (χ4v) is 2.29. The van der Waals surface area contributed by atoms with Gasteiger partial charge in [-0.2, -0.15) is 5.10 Å². The van der Waals surface area contributed by atoms with Crippen LogP contribution in [-0.2, 0) is 11.2 Å². The van der Waals surface area contributed by atoms with Gasteiger partial charge in [0, 0.05) is 12.6 Å². The highest BCUT2D eigenvalue weighted by Crippen LogP contribution is 2.17. The molecule has 0 spiro atoms. The second kappa shape index (κ2) is 7.58. The fraction of sp³-hybridized carbons (Fsp3) is 0.353. The number of nitrogens with one attached hydrogen (secondary N) is 1. The highest BCUT2D eigenvalue weighted by atomic mass is 16.5. The van der Waals surface area contributed by atoms with Gasteiger partial charge in [-0.25, -0.2) is 4.68 Å². The molecular weight excluding hydrogens is 294 g/mol. The first kappa shape index (κ1) is 16.7. The number of aromatic nitrogens is 2. The highest BCUT2D eigenvalue weighted by Gasteiger charge is 2.17. The Balaban J connectivity index is 1.97. The summed E-state index contributed by atoms with van der Waals surface area (Å²) in [5.41, 5.74) is 1.43. The lowest BCUT2D eigenvalue weighted by atomic mass is 10.1. The Labute approximate surface area is 135 Å². The Morgan fingerprint density at radius 1 is 1.30 bits per heavy atom. The molecule has 23 heavy (non-hydrogen) atoms. The number of para-hydroxylation sites is 1. The molecule has 1 aromatic heterocycles. The third-order valence-corrected chi connectivity index (χ3v) is 3.59. The average Bonchev–Trinajstić information content (AvgIpc) is 2.56. The van der Waals surface area contributed by atoms with E-state index in [0.717, 1.165) is 11.3 Å². The van der Waals surface area contributed by atoms with Gasteiger partial charge < -0.3 is 10.1 Å². The third-order valence-electron chi connectivity index (χ3n) is 3.59. The number of methoxy groups -OCH3 is 1. The van der Waals surface area contributed by atoms with Crippen molar-refractivity contribution in [1.29, 1.82) is 0 Å². The molecule has 0 saturated carbocycles. The molecular formula is C17H21N3O3. The monoisotopic (exact) mass is 315 g/mol. The Morgan fingerprint density at radius 2 is 2.04 bits per heavy atom. The van der Waals surface area contributed by atoms with Crippen molar-refractivity contribution in [2.75, 3.05) is 13.7 Å². The molecule has 6 nitrogen and oxygen atoms in total. The lowest BCUT2D eigenvalue weighted by Crippen LogP contribution is -2.37. The van der Waals surface area contributed by atoms with E-state index < -0.39 is 6.04 Å². The summed E-state index contributed by atoms with van der Waals surface area (Å²) in [7, 11) is 1.62. The third kappa shape index (κ3) is 4.18. The number of amides is 1. The fourth-order valence-electron chi connectivity index (χ4n) is 2.29. The van der Waals surface area contributed by atoms with Crippen molar-refractivity contribution in [3.63, 3.8) is 0 Å². The predicted molar refractivity (Wildman–Crippen MR) is 87.7 cm³/mol. The Kier molecular flexibility index (Phi) is 5.51. The van der Waals surface area contributed by atoms with Crippen molar-refractivity contribution in [3.8, 4) is 5.75 Å². The van der Waals surface area contributed by atoms with Crippen LogP contribution in [0.2, 0.25) is 0 Å². The van der Waals surface area contributed by atoms with Crippen LogP contribution in [0.5, 0.6) is 5.75 Å². The van der Waals surface area contributed by atoms with Crippen LogP contribution in [0.3, 0.4) is 0 Å². The maximum Gasteiger partial charge on any atom is 0.267 e. The summed E-state index contributed by atoms with van der Waals surface area (Å²) in [6.07, 6.45) is 0.651. The highest BCUT2D eigenvalue weighted by molar-refractivity contribution is 5.79. The molecule has 1 aromatic carbocycles. The minimum atomic E-state index is -0.653. The minimum Gasteiger partial charge on any atom is -0.496 e. The van der Waals surface area contributed by atoms with Gasteiger partial charge in [0.1, 0.15) is 11.8 Å². The van der Waals surface area contributed by atoms with Gasteiger partial charge in [-0.3, -0.25) is 9.59 Å². The van der Waals surface area contributed by atoms with E-state index in [9.17, 15) is 9.59 Å². The van der Waals surface area contributed by atoms with Crippen molar-refractivity contribution < 1.29 is 9.53 Å². The Morgan fingerprint density at radius 3 is 2.78 bits per heavy atom. The van der Waals surface area contributed by atoms with Crippen molar-refractivity contribution in [1.82, 2.24) is 15.1 Å². The Bertz CT molecular complexity index is 740. The van der Waals surface area contributed by atoms with E-state index >= 15 is 0 Å². The Hall–Kier alpha value is -2.63. The van der Waals surface area contributed by atoms with Gasteiger partial charge in [0.15, 0.2) is 0 Å². The lowest BCUT2D eigenvalue weighted by Gasteiger charge is -2.14. The molecule has 6 heteroatoms. The SMILES string of the molecule is COc1ccccc1CCNC(=O)C(C)n1nc(C)ccc1=O. The van der Waals surface area contributed by atoms with Gasteiger partial charge in [-0.05, 0) is 38.0 Å². The van der Waals surface area contributed by atoms with E-state index in [0.29, 0.717) is 18.7 Å². The number of hydrogen-bond acceptors (Lipinski definition) is 4. The second-order valence-electron chi connectivity index (χ2n) is 5.29.